The number of hydrogen-bond acceptors (Lipinski definition) is 3. The molecule has 1 fully saturated rings. The van der Waals surface area contributed by atoms with Gasteiger partial charge in [0.15, 0.2) is 5.76 Å². The van der Waals surface area contributed by atoms with E-state index in [1.165, 1.54) is 28.0 Å². The zero-order valence-electron chi connectivity index (χ0n) is 17.3. The van der Waals surface area contributed by atoms with Gasteiger partial charge in [-0.1, -0.05) is 5.16 Å². The number of hydrogen-bond donors (Lipinski definition) is 2. The molecule has 158 valence electrons. The second-order valence-electron chi connectivity index (χ2n) is 7.90. The molecule has 2 aromatic carbocycles. The molecule has 0 atom stereocenters. The number of quaternary nitrogens is 2. The van der Waals surface area contributed by atoms with Gasteiger partial charge in [0.25, 0.3) is 0 Å². The molecule has 2 heterocycles. The predicted octanol–water partition coefficient (Wildman–Crippen LogP) is 1.42. The summed E-state index contributed by atoms with van der Waals surface area (Å²) in [6, 6.07) is 11.0. The Kier molecular flexibility index (Phi) is 6.11. The molecular formula is C23H27F2N3O2+2. The van der Waals surface area contributed by atoms with Gasteiger partial charge in [-0.3, -0.25) is 0 Å². The highest BCUT2D eigenvalue weighted by atomic mass is 19.1. The van der Waals surface area contributed by atoms with Crippen molar-refractivity contribution in [2.45, 2.75) is 20.0 Å². The third kappa shape index (κ3) is 4.52. The van der Waals surface area contributed by atoms with Gasteiger partial charge >= 0.3 is 0 Å². The first-order chi connectivity index (χ1) is 14.5. The molecule has 0 saturated carbocycles. The summed E-state index contributed by atoms with van der Waals surface area (Å²) < 4.78 is 37.7. The number of halogens is 2. The van der Waals surface area contributed by atoms with Crippen LogP contribution in [0, 0.1) is 18.6 Å². The van der Waals surface area contributed by atoms with E-state index in [1.54, 1.807) is 31.4 Å². The lowest BCUT2D eigenvalue weighted by Gasteiger charge is -2.29. The van der Waals surface area contributed by atoms with Crippen LogP contribution in [-0.4, -0.2) is 38.4 Å². The molecule has 2 N–H and O–H groups in total. The Bertz CT molecular complexity index is 996. The lowest BCUT2D eigenvalue weighted by atomic mass is 10.1. The topological polar surface area (TPSA) is 44.1 Å². The minimum atomic E-state index is -0.267. The van der Waals surface area contributed by atoms with E-state index in [1.807, 2.05) is 6.92 Å². The minimum Gasteiger partial charge on any atom is -0.496 e. The van der Waals surface area contributed by atoms with Crippen LogP contribution in [0.25, 0.3) is 11.3 Å². The number of nitrogens with one attached hydrogen (secondary N) is 2. The summed E-state index contributed by atoms with van der Waals surface area (Å²) in [6.07, 6.45) is 0. The first kappa shape index (κ1) is 20.5. The van der Waals surface area contributed by atoms with Gasteiger partial charge in [0.1, 0.15) is 62.3 Å². The first-order valence-corrected chi connectivity index (χ1v) is 10.2. The molecule has 0 radical (unpaired) electrons. The van der Waals surface area contributed by atoms with Gasteiger partial charge in [-0.25, -0.2) is 8.78 Å². The lowest BCUT2D eigenvalue weighted by Crippen LogP contribution is -3.27. The highest BCUT2D eigenvalue weighted by Crippen LogP contribution is 2.25. The minimum absolute atomic E-state index is 0.229. The zero-order valence-corrected chi connectivity index (χ0v) is 17.3. The predicted molar refractivity (Wildman–Crippen MR) is 108 cm³/mol. The summed E-state index contributed by atoms with van der Waals surface area (Å²) in [5.74, 6) is 0.946. The SMILES string of the molecule is COc1ccc(F)cc1C[NH+]1CC[NH+](Cc2noc(-c3ccc(F)cc3)c2C)CC1. The van der Waals surface area contributed by atoms with E-state index in [9.17, 15) is 8.78 Å². The van der Waals surface area contributed by atoms with Crippen LogP contribution in [0.1, 0.15) is 16.8 Å². The largest absolute Gasteiger partial charge is 0.496 e. The van der Waals surface area contributed by atoms with Crippen molar-refractivity contribution in [3.63, 3.8) is 0 Å². The van der Waals surface area contributed by atoms with E-state index < -0.39 is 0 Å². The first-order valence-electron chi connectivity index (χ1n) is 10.2. The molecule has 5 nitrogen and oxygen atoms in total. The fourth-order valence-electron chi connectivity index (χ4n) is 4.11. The number of nitrogens with zero attached hydrogens (tertiary/aromatic N) is 1. The summed E-state index contributed by atoms with van der Waals surface area (Å²) in [5.41, 5.74) is 3.70. The maximum atomic E-state index is 13.6. The molecule has 7 heteroatoms. The fraction of sp³-hybridized carbons (Fsp3) is 0.348. The molecule has 3 aromatic rings. The highest BCUT2D eigenvalue weighted by molar-refractivity contribution is 5.61. The van der Waals surface area contributed by atoms with Crippen LogP contribution >= 0.6 is 0 Å². The summed E-state index contributed by atoms with van der Waals surface area (Å²) in [7, 11) is 1.62. The van der Waals surface area contributed by atoms with Crippen molar-refractivity contribution in [3.05, 3.63) is 70.9 Å². The third-order valence-electron chi connectivity index (χ3n) is 5.89. The average molecular weight is 415 g/mol. The van der Waals surface area contributed by atoms with Gasteiger partial charge in [-0.15, -0.1) is 0 Å². The maximum Gasteiger partial charge on any atom is 0.170 e. The summed E-state index contributed by atoms with van der Waals surface area (Å²) in [4.78, 5) is 2.87. The van der Waals surface area contributed by atoms with Crippen molar-refractivity contribution in [1.82, 2.24) is 5.16 Å². The molecule has 1 saturated heterocycles. The van der Waals surface area contributed by atoms with E-state index in [-0.39, 0.29) is 11.6 Å². The molecule has 0 spiro atoms. The van der Waals surface area contributed by atoms with Crippen LogP contribution in [0.5, 0.6) is 5.75 Å². The van der Waals surface area contributed by atoms with E-state index in [0.717, 1.165) is 67.4 Å². The second kappa shape index (κ2) is 8.93. The molecule has 0 bridgehead atoms. The summed E-state index contributed by atoms with van der Waals surface area (Å²) >= 11 is 0. The Morgan fingerprint density at radius 2 is 1.57 bits per heavy atom. The zero-order chi connectivity index (χ0) is 21.1. The number of aromatic nitrogens is 1. The molecule has 0 amide bonds. The van der Waals surface area contributed by atoms with Gasteiger partial charge in [0.2, 0.25) is 0 Å². The van der Waals surface area contributed by atoms with Gasteiger partial charge in [-0.05, 0) is 49.4 Å². The number of benzene rings is 2. The Balaban J connectivity index is 1.35. The van der Waals surface area contributed by atoms with Crippen LogP contribution in [-0.2, 0) is 13.1 Å². The number of methoxy groups -OCH3 is 1. The smallest absolute Gasteiger partial charge is 0.170 e. The molecular weight excluding hydrogens is 388 g/mol. The van der Waals surface area contributed by atoms with Gasteiger partial charge in [0.05, 0.1) is 12.7 Å². The molecule has 1 aromatic heterocycles. The van der Waals surface area contributed by atoms with Crippen molar-refractivity contribution < 1.29 is 27.8 Å². The Labute approximate surface area is 174 Å². The lowest BCUT2D eigenvalue weighted by molar-refractivity contribution is -1.02. The molecule has 0 aliphatic carbocycles. The molecule has 30 heavy (non-hydrogen) atoms. The standard InChI is InChI=1S/C23H25F2N3O2/c1-16-21(26-30-23(16)17-3-5-19(24)6-4-17)15-28-11-9-27(10-12-28)14-18-13-20(25)7-8-22(18)29-2/h3-8,13H,9-12,14-15H2,1-2H3/p+2. The molecule has 4 rings (SSSR count). The van der Waals surface area contributed by atoms with Crippen molar-refractivity contribution in [3.8, 4) is 17.1 Å². The van der Waals surface area contributed by atoms with Crippen molar-refractivity contribution in [1.29, 1.82) is 0 Å². The third-order valence-corrected chi connectivity index (χ3v) is 5.89. The highest BCUT2D eigenvalue weighted by Gasteiger charge is 2.26. The summed E-state index contributed by atoms with van der Waals surface area (Å²) in [6.45, 7) is 7.56. The number of rotatable bonds is 6. The van der Waals surface area contributed by atoms with Crippen molar-refractivity contribution >= 4 is 0 Å². The number of piperazine rings is 1. The van der Waals surface area contributed by atoms with Crippen LogP contribution in [0.15, 0.2) is 47.0 Å². The van der Waals surface area contributed by atoms with Crippen LogP contribution < -0.4 is 14.5 Å². The second-order valence-corrected chi connectivity index (χ2v) is 7.90. The molecule has 1 aliphatic rings. The number of ether oxygens (including phenoxy) is 1. The van der Waals surface area contributed by atoms with Crippen LogP contribution in [0.2, 0.25) is 0 Å². The summed E-state index contributed by atoms with van der Waals surface area (Å²) in [5, 5.41) is 4.27. The Morgan fingerprint density at radius 3 is 2.23 bits per heavy atom. The fourth-order valence-corrected chi connectivity index (χ4v) is 4.11. The monoisotopic (exact) mass is 415 g/mol. The quantitative estimate of drug-likeness (QED) is 0.640. The van der Waals surface area contributed by atoms with E-state index >= 15 is 0 Å². The van der Waals surface area contributed by atoms with E-state index in [2.05, 4.69) is 5.16 Å². The molecule has 0 unspecified atom stereocenters. The van der Waals surface area contributed by atoms with Crippen molar-refractivity contribution in [2.24, 2.45) is 0 Å². The van der Waals surface area contributed by atoms with E-state index in [4.69, 9.17) is 9.26 Å². The van der Waals surface area contributed by atoms with E-state index in [0.29, 0.717) is 5.76 Å². The van der Waals surface area contributed by atoms with Gasteiger partial charge in [-0.2, -0.15) is 0 Å². The van der Waals surface area contributed by atoms with Crippen LogP contribution in [0.4, 0.5) is 8.78 Å². The maximum absolute atomic E-state index is 13.6. The van der Waals surface area contributed by atoms with Gasteiger partial charge in [0, 0.05) is 11.1 Å². The average Bonchev–Trinajstić information content (AvgIpc) is 3.10. The normalized spacial score (nSPS) is 19.1. The Morgan fingerprint density at radius 1 is 0.933 bits per heavy atom. The van der Waals surface area contributed by atoms with Crippen molar-refractivity contribution in [2.75, 3.05) is 33.3 Å². The van der Waals surface area contributed by atoms with Gasteiger partial charge < -0.3 is 19.1 Å². The Hall–Kier alpha value is -2.77. The molecule has 1 aliphatic heterocycles. The van der Waals surface area contributed by atoms with Crippen LogP contribution in [0.3, 0.4) is 0 Å².